The zero-order valence-electron chi connectivity index (χ0n) is 13.7. The van der Waals surface area contributed by atoms with Crippen molar-refractivity contribution in [2.24, 2.45) is 0 Å². The summed E-state index contributed by atoms with van der Waals surface area (Å²) in [5, 5.41) is 12.0. The molecule has 0 amide bonds. The number of halogens is 1. The van der Waals surface area contributed by atoms with E-state index in [0.717, 1.165) is 28.7 Å². The molecule has 3 aromatic rings. The number of hydrogen-bond acceptors (Lipinski definition) is 6. The second kappa shape index (κ2) is 7.34. The molecule has 1 aromatic carbocycles. The number of rotatable bonds is 7. The van der Waals surface area contributed by atoms with E-state index >= 15 is 0 Å². The summed E-state index contributed by atoms with van der Waals surface area (Å²) in [6, 6.07) is 10.7. The third-order valence-electron chi connectivity index (χ3n) is 4.07. The molecule has 1 aliphatic carbocycles. The molecule has 26 heavy (non-hydrogen) atoms. The summed E-state index contributed by atoms with van der Waals surface area (Å²) < 4.78 is 27.1. The van der Waals surface area contributed by atoms with E-state index in [0.29, 0.717) is 21.7 Å². The Bertz CT molecular complexity index is 995. The number of sulfone groups is 1. The van der Waals surface area contributed by atoms with Gasteiger partial charge in [0.25, 0.3) is 0 Å². The first-order valence-electron chi connectivity index (χ1n) is 8.14. The maximum Gasteiger partial charge on any atom is 0.191 e. The molecule has 0 atom stereocenters. The normalized spacial score (nSPS) is 14.7. The molecule has 4 rings (SSSR count). The Morgan fingerprint density at radius 1 is 1.19 bits per heavy atom. The second-order valence-corrected chi connectivity index (χ2v) is 10.6. The van der Waals surface area contributed by atoms with Gasteiger partial charge in [0, 0.05) is 16.8 Å². The van der Waals surface area contributed by atoms with Gasteiger partial charge in [-0.3, -0.25) is 4.57 Å². The van der Waals surface area contributed by atoms with Crippen LogP contribution in [0.4, 0.5) is 0 Å². The summed E-state index contributed by atoms with van der Waals surface area (Å²) in [6.07, 6.45) is 2.24. The molecule has 136 valence electrons. The van der Waals surface area contributed by atoms with Crippen LogP contribution in [0, 0.1) is 0 Å². The Morgan fingerprint density at radius 2 is 1.96 bits per heavy atom. The lowest BCUT2D eigenvalue weighted by Crippen LogP contribution is -2.09. The Hall–Kier alpha value is -1.35. The predicted octanol–water partition coefficient (Wildman–Crippen LogP) is 4.56. The minimum atomic E-state index is -3.34. The number of benzene rings is 1. The van der Waals surface area contributed by atoms with Crippen LogP contribution >= 0.6 is 34.7 Å². The van der Waals surface area contributed by atoms with Gasteiger partial charge in [0.1, 0.15) is 0 Å². The fourth-order valence-electron chi connectivity index (χ4n) is 2.61. The van der Waals surface area contributed by atoms with Crippen LogP contribution in [0.1, 0.15) is 18.9 Å². The first-order chi connectivity index (χ1) is 12.5. The SMILES string of the molecule is O=S(=O)(CCSc1nnc(-c2cccs2)n1C1CC1)c1ccc(Cl)cc1. The average Bonchev–Trinajstić information content (AvgIpc) is 3.14. The van der Waals surface area contributed by atoms with E-state index in [-0.39, 0.29) is 5.75 Å². The van der Waals surface area contributed by atoms with Crippen molar-refractivity contribution in [3.8, 4) is 10.7 Å². The van der Waals surface area contributed by atoms with Crippen molar-refractivity contribution in [2.75, 3.05) is 11.5 Å². The molecule has 1 aliphatic rings. The quantitative estimate of drug-likeness (QED) is 0.519. The Kier molecular flexibility index (Phi) is 5.09. The number of aromatic nitrogens is 3. The van der Waals surface area contributed by atoms with Crippen molar-refractivity contribution in [2.45, 2.75) is 28.9 Å². The predicted molar refractivity (Wildman–Crippen MR) is 106 cm³/mol. The van der Waals surface area contributed by atoms with Crippen LogP contribution in [0.25, 0.3) is 10.7 Å². The molecule has 0 radical (unpaired) electrons. The van der Waals surface area contributed by atoms with Gasteiger partial charge in [-0.15, -0.1) is 21.5 Å². The van der Waals surface area contributed by atoms with E-state index in [2.05, 4.69) is 14.8 Å². The van der Waals surface area contributed by atoms with Gasteiger partial charge in [-0.05, 0) is 48.6 Å². The molecule has 2 aromatic heterocycles. The minimum Gasteiger partial charge on any atom is -0.298 e. The lowest BCUT2D eigenvalue weighted by molar-refractivity contribution is 0.597. The second-order valence-electron chi connectivity index (χ2n) is 6.01. The summed E-state index contributed by atoms with van der Waals surface area (Å²) >= 11 is 8.91. The van der Waals surface area contributed by atoms with Crippen LogP contribution in [0.5, 0.6) is 0 Å². The van der Waals surface area contributed by atoms with Crippen LogP contribution in [0.2, 0.25) is 5.02 Å². The summed E-state index contributed by atoms with van der Waals surface area (Å²) in [5.41, 5.74) is 0. The average molecular weight is 426 g/mol. The van der Waals surface area contributed by atoms with Gasteiger partial charge in [0.05, 0.1) is 15.5 Å². The van der Waals surface area contributed by atoms with Gasteiger partial charge in [-0.1, -0.05) is 29.4 Å². The van der Waals surface area contributed by atoms with Gasteiger partial charge in [0.15, 0.2) is 20.8 Å². The zero-order valence-corrected chi connectivity index (χ0v) is 16.9. The highest BCUT2D eigenvalue weighted by Gasteiger charge is 2.30. The van der Waals surface area contributed by atoms with Gasteiger partial charge >= 0.3 is 0 Å². The Balaban J connectivity index is 1.48. The molecule has 1 saturated carbocycles. The van der Waals surface area contributed by atoms with Crippen molar-refractivity contribution in [1.29, 1.82) is 0 Å². The Morgan fingerprint density at radius 3 is 2.62 bits per heavy atom. The van der Waals surface area contributed by atoms with Crippen LogP contribution in [-0.2, 0) is 9.84 Å². The highest BCUT2D eigenvalue weighted by atomic mass is 35.5. The fraction of sp³-hybridized carbons (Fsp3) is 0.294. The molecule has 0 N–H and O–H groups in total. The molecule has 0 aliphatic heterocycles. The molecule has 1 fully saturated rings. The number of thioether (sulfide) groups is 1. The van der Waals surface area contributed by atoms with Gasteiger partial charge in [0.2, 0.25) is 0 Å². The van der Waals surface area contributed by atoms with E-state index in [1.807, 2.05) is 17.5 Å². The van der Waals surface area contributed by atoms with Gasteiger partial charge in [-0.2, -0.15) is 0 Å². The minimum absolute atomic E-state index is 0.0468. The summed E-state index contributed by atoms with van der Waals surface area (Å²) in [7, 11) is -3.34. The van der Waals surface area contributed by atoms with E-state index in [1.54, 1.807) is 35.6 Å². The van der Waals surface area contributed by atoms with Crippen LogP contribution in [0.3, 0.4) is 0 Å². The molecule has 0 saturated heterocycles. The van der Waals surface area contributed by atoms with Crippen molar-refractivity contribution >= 4 is 44.5 Å². The Labute approximate surface area is 165 Å². The van der Waals surface area contributed by atoms with Crippen LogP contribution in [-0.4, -0.2) is 34.7 Å². The summed E-state index contributed by atoms with van der Waals surface area (Å²) in [5.74, 6) is 1.36. The maximum absolute atomic E-state index is 12.5. The molecular formula is C17H16ClN3O2S3. The van der Waals surface area contributed by atoms with E-state index in [4.69, 9.17) is 11.6 Å². The molecule has 9 heteroatoms. The monoisotopic (exact) mass is 425 g/mol. The highest BCUT2D eigenvalue weighted by Crippen LogP contribution is 2.41. The standard InChI is InChI=1S/C17H16ClN3O2S3/c18-12-3-7-14(8-4-12)26(22,23)11-10-25-17-20-19-16(15-2-1-9-24-15)21(17)13-5-6-13/h1-4,7-9,13H,5-6,10-11H2. The number of thiophene rings is 1. The van der Waals surface area contributed by atoms with E-state index in [1.165, 1.54) is 11.8 Å². The third kappa shape index (κ3) is 3.83. The maximum atomic E-state index is 12.5. The highest BCUT2D eigenvalue weighted by molar-refractivity contribution is 8.00. The first kappa shape index (κ1) is 18.0. The summed E-state index contributed by atoms with van der Waals surface area (Å²) in [6.45, 7) is 0. The lowest BCUT2D eigenvalue weighted by Gasteiger charge is -2.08. The van der Waals surface area contributed by atoms with Crippen LogP contribution < -0.4 is 0 Å². The van der Waals surface area contributed by atoms with Crippen molar-refractivity contribution in [1.82, 2.24) is 14.8 Å². The fourth-order valence-corrected chi connectivity index (χ4v) is 6.10. The van der Waals surface area contributed by atoms with Gasteiger partial charge < -0.3 is 0 Å². The molecule has 5 nitrogen and oxygen atoms in total. The molecule has 0 spiro atoms. The lowest BCUT2D eigenvalue weighted by atomic mass is 10.4. The van der Waals surface area contributed by atoms with Crippen molar-refractivity contribution in [3.63, 3.8) is 0 Å². The molecule has 0 bridgehead atoms. The zero-order chi connectivity index (χ0) is 18.1. The molecular weight excluding hydrogens is 410 g/mol. The van der Waals surface area contributed by atoms with E-state index < -0.39 is 9.84 Å². The van der Waals surface area contributed by atoms with Crippen molar-refractivity contribution in [3.05, 3.63) is 46.8 Å². The number of hydrogen-bond donors (Lipinski definition) is 0. The van der Waals surface area contributed by atoms with Crippen LogP contribution in [0.15, 0.2) is 51.8 Å². The summed E-state index contributed by atoms with van der Waals surface area (Å²) in [4.78, 5) is 1.38. The topological polar surface area (TPSA) is 64.8 Å². The van der Waals surface area contributed by atoms with E-state index in [9.17, 15) is 8.42 Å². The largest absolute Gasteiger partial charge is 0.298 e. The third-order valence-corrected chi connectivity index (χ3v) is 8.13. The number of nitrogens with zero attached hydrogens (tertiary/aromatic N) is 3. The van der Waals surface area contributed by atoms with Gasteiger partial charge in [-0.25, -0.2) is 8.42 Å². The molecule has 2 heterocycles. The smallest absolute Gasteiger partial charge is 0.191 e. The van der Waals surface area contributed by atoms with Crippen molar-refractivity contribution < 1.29 is 8.42 Å². The molecule has 0 unspecified atom stereocenters. The first-order valence-corrected chi connectivity index (χ1v) is 12.0.